The minimum atomic E-state index is -0.747. The maximum atomic E-state index is 11.7. The van der Waals surface area contributed by atoms with Gasteiger partial charge in [-0.05, 0) is 20.3 Å². The van der Waals surface area contributed by atoms with Gasteiger partial charge in [-0.25, -0.2) is 4.79 Å². The molecule has 1 unspecified atom stereocenters. The largest absolute Gasteiger partial charge is 0.462 e. The molecule has 1 aromatic rings. The lowest BCUT2D eigenvalue weighted by atomic mass is 10.0. The molecule has 1 aromatic heterocycles. The van der Waals surface area contributed by atoms with Crippen LogP contribution in [0.5, 0.6) is 0 Å². The zero-order chi connectivity index (χ0) is 14.5. The molecule has 0 aliphatic heterocycles. The quantitative estimate of drug-likeness (QED) is 0.718. The van der Waals surface area contributed by atoms with E-state index in [-0.39, 0.29) is 5.97 Å². The van der Waals surface area contributed by atoms with Crippen LogP contribution in [0.15, 0.2) is 6.20 Å². The van der Waals surface area contributed by atoms with E-state index in [0.29, 0.717) is 31.7 Å². The Morgan fingerprint density at radius 2 is 2.26 bits per heavy atom. The molecule has 2 N–H and O–H groups in total. The fourth-order valence-corrected chi connectivity index (χ4v) is 1.63. The highest BCUT2D eigenvalue weighted by Gasteiger charge is 2.20. The molecule has 6 nitrogen and oxygen atoms in total. The van der Waals surface area contributed by atoms with E-state index in [1.54, 1.807) is 25.6 Å². The van der Waals surface area contributed by atoms with E-state index in [1.807, 2.05) is 6.92 Å². The second-order valence-electron chi connectivity index (χ2n) is 4.80. The SMILES string of the molecule is CCOC(=O)c1cnn(C)c1CNCC(C)(O)CC. The number of hydrogen-bond acceptors (Lipinski definition) is 5. The monoisotopic (exact) mass is 269 g/mol. The third-order valence-corrected chi connectivity index (χ3v) is 3.12. The lowest BCUT2D eigenvalue weighted by Gasteiger charge is -2.21. The normalized spacial score (nSPS) is 14.2. The Labute approximate surface area is 113 Å². The van der Waals surface area contributed by atoms with E-state index >= 15 is 0 Å². The molecular formula is C13H23N3O3. The van der Waals surface area contributed by atoms with Crippen LogP contribution < -0.4 is 5.32 Å². The van der Waals surface area contributed by atoms with E-state index in [2.05, 4.69) is 10.4 Å². The number of nitrogens with zero attached hydrogens (tertiary/aromatic N) is 2. The Morgan fingerprint density at radius 1 is 1.58 bits per heavy atom. The van der Waals surface area contributed by atoms with E-state index in [9.17, 15) is 9.90 Å². The van der Waals surface area contributed by atoms with Gasteiger partial charge in [-0.1, -0.05) is 6.92 Å². The first-order valence-corrected chi connectivity index (χ1v) is 6.52. The summed E-state index contributed by atoms with van der Waals surface area (Å²) in [6.07, 6.45) is 2.17. The van der Waals surface area contributed by atoms with Gasteiger partial charge in [-0.15, -0.1) is 0 Å². The van der Waals surface area contributed by atoms with Gasteiger partial charge in [0.25, 0.3) is 0 Å². The van der Waals surface area contributed by atoms with Crippen molar-refractivity contribution in [2.24, 2.45) is 7.05 Å². The summed E-state index contributed by atoms with van der Waals surface area (Å²) in [5.74, 6) is -0.366. The lowest BCUT2D eigenvalue weighted by Crippen LogP contribution is -2.37. The van der Waals surface area contributed by atoms with Crippen molar-refractivity contribution >= 4 is 5.97 Å². The topological polar surface area (TPSA) is 76.4 Å². The van der Waals surface area contributed by atoms with Crippen molar-refractivity contribution in [1.29, 1.82) is 0 Å². The van der Waals surface area contributed by atoms with Crippen LogP contribution in [-0.2, 0) is 18.3 Å². The number of aliphatic hydroxyl groups is 1. The minimum absolute atomic E-state index is 0.338. The Kier molecular flexibility index (Phi) is 5.50. The first-order chi connectivity index (χ1) is 8.91. The molecule has 0 amide bonds. The van der Waals surface area contributed by atoms with E-state index < -0.39 is 5.60 Å². The van der Waals surface area contributed by atoms with Gasteiger partial charge in [-0.2, -0.15) is 5.10 Å². The number of carbonyl (C=O) groups excluding carboxylic acids is 1. The van der Waals surface area contributed by atoms with Gasteiger partial charge in [0.1, 0.15) is 5.56 Å². The molecule has 6 heteroatoms. The third-order valence-electron chi connectivity index (χ3n) is 3.12. The van der Waals surface area contributed by atoms with Crippen LogP contribution in [0.1, 0.15) is 43.2 Å². The van der Waals surface area contributed by atoms with Gasteiger partial charge in [0, 0.05) is 20.1 Å². The first-order valence-electron chi connectivity index (χ1n) is 6.52. The maximum Gasteiger partial charge on any atom is 0.341 e. The summed E-state index contributed by atoms with van der Waals surface area (Å²) >= 11 is 0. The second kappa shape index (κ2) is 6.68. The molecule has 0 spiro atoms. The van der Waals surface area contributed by atoms with Gasteiger partial charge in [0.15, 0.2) is 0 Å². The first kappa shape index (κ1) is 15.7. The average molecular weight is 269 g/mol. The van der Waals surface area contributed by atoms with Crippen LogP contribution >= 0.6 is 0 Å². The number of carbonyl (C=O) groups is 1. The summed E-state index contributed by atoms with van der Waals surface area (Å²) in [5.41, 5.74) is 0.473. The van der Waals surface area contributed by atoms with Crippen molar-refractivity contribution in [1.82, 2.24) is 15.1 Å². The summed E-state index contributed by atoms with van der Waals surface area (Å²) in [6, 6.07) is 0. The standard InChI is InChI=1S/C13H23N3O3/c1-5-13(3,18)9-14-8-11-10(7-15-16(11)4)12(17)19-6-2/h7,14,18H,5-6,8-9H2,1-4H3. The van der Waals surface area contributed by atoms with Crippen LogP contribution in [0.25, 0.3) is 0 Å². The van der Waals surface area contributed by atoms with Crippen LogP contribution in [0.4, 0.5) is 0 Å². The predicted octanol–water partition coefficient (Wildman–Crippen LogP) is 0.847. The summed E-state index contributed by atoms with van der Waals surface area (Å²) in [6.45, 7) is 6.72. The highest BCUT2D eigenvalue weighted by molar-refractivity contribution is 5.90. The molecule has 0 fully saturated rings. The van der Waals surface area contributed by atoms with Crippen LogP contribution in [0.3, 0.4) is 0 Å². The number of hydrogen-bond donors (Lipinski definition) is 2. The van der Waals surface area contributed by atoms with E-state index in [0.717, 1.165) is 5.69 Å². The Morgan fingerprint density at radius 3 is 2.84 bits per heavy atom. The zero-order valence-corrected chi connectivity index (χ0v) is 12.1. The molecule has 1 rings (SSSR count). The van der Waals surface area contributed by atoms with E-state index in [4.69, 9.17) is 4.74 Å². The molecule has 0 bridgehead atoms. The molecule has 0 saturated heterocycles. The maximum absolute atomic E-state index is 11.7. The highest BCUT2D eigenvalue weighted by atomic mass is 16.5. The molecule has 0 aliphatic rings. The van der Waals surface area contributed by atoms with Crippen molar-refractivity contribution in [2.45, 2.75) is 39.3 Å². The van der Waals surface area contributed by atoms with Crippen LogP contribution in [0, 0.1) is 0 Å². The summed E-state index contributed by atoms with van der Waals surface area (Å²) in [5, 5.41) is 17.1. The van der Waals surface area contributed by atoms with E-state index in [1.165, 1.54) is 6.20 Å². The highest BCUT2D eigenvalue weighted by Crippen LogP contribution is 2.11. The Hall–Kier alpha value is -1.40. The van der Waals surface area contributed by atoms with Gasteiger partial charge in [-0.3, -0.25) is 4.68 Å². The molecule has 108 valence electrons. The van der Waals surface area contributed by atoms with Crippen molar-refractivity contribution in [2.75, 3.05) is 13.2 Å². The fraction of sp³-hybridized carbons (Fsp3) is 0.692. The van der Waals surface area contributed by atoms with Crippen LogP contribution in [-0.4, -0.2) is 39.6 Å². The number of esters is 1. The minimum Gasteiger partial charge on any atom is -0.462 e. The number of ether oxygens (including phenoxy) is 1. The number of rotatable bonds is 7. The fourth-order valence-electron chi connectivity index (χ4n) is 1.63. The summed E-state index contributed by atoms with van der Waals surface area (Å²) in [4.78, 5) is 11.7. The third kappa shape index (κ3) is 4.33. The Balaban J connectivity index is 2.68. The Bertz CT molecular complexity index is 427. The molecule has 0 radical (unpaired) electrons. The molecule has 1 atom stereocenters. The van der Waals surface area contributed by atoms with Gasteiger partial charge >= 0.3 is 5.97 Å². The second-order valence-corrected chi connectivity index (χ2v) is 4.80. The van der Waals surface area contributed by atoms with Crippen molar-refractivity contribution < 1.29 is 14.6 Å². The van der Waals surface area contributed by atoms with Crippen molar-refractivity contribution in [3.05, 3.63) is 17.5 Å². The smallest absolute Gasteiger partial charge is 0.341 e. The van der Waals surface area contributed by atoms with Crippen molar-refractivity contribution in [3.8, 4) is 0 Å². The van der Waals surface area contributed by atoms with Gasteiger partial charge < -0.3 is 15.2 Å². The van der Waals surface area contributed by atoms with Crippen LogP contribution in [0.2, 0.25) is 0 Å². The molecule has 0 aromatic carbocycles. The number of aryl methyl sites for hydroxylation is 1. The molecule has 1 heterocycles. The lowest BCUT2D eigenvalue weighted by molar-refractivity contribution is 0.0523. The zero-order valence-electron chi connectivity index (χ0n) is 12.1. The molecule has 0 saturated carbocycles. The van der Waals surface area contributed by atoms with Crippen molar-refractivity contribution in [3.63, 3.8) is 0 Å². The molecular weight excluding hydrogens is 246 g/mol. The summed E-state index contributed by atoms with van der Waals surface area (Å²) in [7, 11) is 1.78. The predicted molar refractivity (Wildman–Crippen MR) is 71.8 cm³/mol. The average Bonchev–Trinajstić information content (AvgIpc) is 2.71. The molecule has 19 heavy (non-hydrogen) atoms. The summed E-state index contributed by atoms with van der Waals surface area (Å²) < 4.78 is 6.62. The number of aromatic nitrogens is 2. The van der Waals surface area contributed by atoms with Gasteiger partial charge in [0.05, 0.1) is 24.1 Å². The van der Waals surface area contributed by atoms with Gasteiger partial charge in [0.2, 0.25) is 0 Å². The molecule has 0 aliphatic carbocycles. The number of nitrogens with one attached hydrogen (secondary N) is 1.